The maximum atomic E-state index is 13.4. The Morgan fingerprint density at radius 1 is 1.27 bits per heavy atom. The van der Waals surface area contributed by atoms with Crippen LogP contribution in [0, 0.1) is 5.82 Å². The van der Waals surface area contributed by atoms with Crippen molar-refractivity contribution in [1.82, 2.24) is 19.9 Å². The number of imidazole rings is 1. The van der Waals surface area contributed by atoms with E-state index in [1.54, 1.807) is 0 Å². The van der Waals surface area contributed by atoms with Crippen molar-refractivity contribution >= 4 is 46.0 Å². The summed E-state index contributed by atoms with van der Waals surface area (Å²) in [6.45, 7) is 0. The molecule has 1 aromatic carbocycles. The van der Waals surface area contributed by atoms with Crippen molar-refractivity contribution in [2.45, 2.75) is 0 Å². The predicted octanol–water partition coefficient (Wildman–Crippen LogP) is 2.22. The third-order valence-corrected chi connectivity index (χ3v) is 3.41. The number of aliphatic imine (C=N–C) groups is 1. The average Bonchev–Trinajstić information content (AvgIpc) is 3.05. The summed E-state index contributed by atoms with van der Waals surface area (Å²) in [5.41, 5.74) is 1.68. The first-order chi connectivity index (χ1) is 10.6. The Morgan fingerprint density at radius 3 is 3.00 bits per heavy atom. The lowest BCUT2D eigenvalue weighted by molar-refractivity contribution is -0.110. The number of nitrogens with one attached hydrogen (secondary N) is 2. The molecule has 3 aromatic rings. The molecular weight excluding hydrogens is 311 g/mol. The molecule has 4 rings (SSSR count). The van der Waals surface area contributed by atoms with Gasteiger partial charge in [0.25, 0.3) is 11.9 Å². The van der Waals surface area contributed by atoms with Crippen molar-refractivity contribution in [3.8, 4) is 0 Å². The maximum absolute atomic E-state index is 13.4. The second-order valence-corrected chi connectivity index (χ2v) is 4.88. The standard InChI is InChI=1S/C13H6ClFN6O/c14-10-9-11(17-4-16-9)21-13(20-10)19-8-6-3-5(15)1-2-7(6)18-12(8)22/h1-4H,(H2,16,17,18,19,20,21,22). The van der Waals surface area contributed by atoms with Crippen LogP contribution in [-0.2, 0) is 4.79 Å². The smallest absolute Gasteiger partial charge is 0.275 e. The molecule has 0 spiro atoms. The van der Waals surface area contributed by atoms with Crippen molar-refractivity contribution < 1.29 is 9.18 Å². The molecule has 0 fully saturated rings. The first kappa shape index (κ1) is 12.8. The number of fused-ring (bicyclic) bond motifs is 2. The molecule has 1 aliphatic heterocycles. The van der Waals surface area contributed by atoms with Crippen molar-refractivity contribution in [3.63, 3.8) is 0 Å². The molecule has 0 bridgehead atoms. The van der Waals surface area contributed by atoms with E-state index in [4.69, 9.17) is 11.6 Å². The van der Waals surface area contributed by atoms with Crippen LogP contribution in [-0.4, -0.2) is 31.6 Å². The summed E-state index contributed by atoms with van der Waals surface area (Å²) in [5.74, 6) is -0.945. The van der Waals surface area contributed by atoms with Crippen LogP contribution in [0.3, 0.4) is 0 Å². The first-order valence-electron chi connectivity index (χ1n) is 6.18. The summed E-state index contributed by atoms with van der Waals surface area (Å²) in [4.78, 5) is 30.9. The van der Waals surface area contributed by atoms with Gasteiger partial charge < -0.3 is 10.3 Å². The lowest BCUT2D eigenvalue weighted by atomic mass is 10.1. The van der Waals surface area contributed by atoms with Crippen LogP contribution in [0.1, 0.15) is 5.56 Å². The normalized spacial score (nSPS) is 15.4. The molecule has 9 heteroatoms. The number of aromatic nitrogens is 4. The molecule has 0 radical (unpaired) electrons. The van der Waals surface area contributed by atoms with Crippen LogP contribution in [0.2, 0.25) is 5.15 Å². The number of benzene rings is 1. The predicted molar refractivity (Wildman–Crippen MR) is 77.9 cm³/mol. The third-order valence-electron chi connectivity index (χ3n) is 3.14. The number of anilines is 1. The zero-order valence-corrected chi connectivity index (χ0v) is 11.5. The first-order valence-corrected chi connectivity index (χ1v) is 6.56. The van der Waals surface area contributed by atoms with E-state index in [0.717, 1.165) is 0 Å². The zero-order chi connectivity index (χ0) is 15.3. The van der Waals surface area contributed by atoms with Crippen LogP contribution in [0.4, 0.5) is 16.0 Å². The Balaban J connectivity index is 1.88. The van der Waals surface area contributed by atoms with E-state index in [0.29, 0.717) is 22.4 Å². The van der Waals surface area contributed by atoms with E-state index in [9.17, 15) is 9.18 Å². The molecule has 2 aromatic heterocycles. The number of carbonyl (C=O) groups is 1. The van der Waals surface area contributed by atoms with Gasteiger partial charge in [0.05, 0.1) is 12.0 Å². The van der Waals surface area contributed by atoms with Crippen LogP contribution in [0.5, 0.6) is 0 Å². The molecule has 0 unspecified atom stereocenters. The Labute approximate surface area is 127 Å². The van der Waals surface area contributed by atoms with Crippen LogP contribution < -0.4 is 5.32 Å². The molecule has 0 saturated carbocycles. The van der Waals surface area contributed by atoms with E-state index >= 15 is 0 Å². The van der Waals surface area contributed by atoms with Crippen molar-refractivity contribution in [3.05, 3.63) is 41.1 Å². The second kappa shape index (κ2) is 4.57. The largest absolute Gasteiger partial charge is 0.341 e. The highest BCUT2D eigenvalue weighted by Gasteiger charge is 2.27. The Morgan fingerprint density at radius 2 is 2.14 bits per heavy atom. The lowest BCUT2D eigenvalue weighted by Gasteiger charge is -1.98. The lowest BCUT2D eigenvalue weighted by Crippen LogP contribution is -2.14. The van der Waals surface area contributed by atoms with Crippen LogP contribution in [0.15, 0.2) is 29.5 Å². The molecule has 3 heterocycles. The van der Waals surface area contributed by atoms with Gasteiger partial charge in [0.15, 0.2) is 10.8 Å². The topological polar surface area (TPSA) is 95.9 Å². The second-order valence-electron chi connectivity index (χ2n) is 4.52. The summed E-state index contributed by atoms with van der Waals surface area (Å²) in [6.07, 6.45) is 1.43. The number of nitrogens with zero attached hydrogens (tertiary/aromatic N) is 4. The maximum Gasteiger partial charge on any atom is 0.275 e. The number of hydrogen-bond acceptors (Lipinski definition) is 5. The highest BCUT2D eigenvalue weighted by atomic mass is 35.5. The minimum Gasteiger partial charge on any atom is -0.341 e. The highest BCUT2D eigenvalue weighted by molar-refractivity contribution is 6.54. The van der Waals surface area contributed by atoms with Gasteiger partial charge in [0.2, 0.25) is 0 Å². The highest BCUT2D eigenvalue weighted by Crippen LogP contribution is 2.26. The molecule has 22 heavy (non-hydrogen) atoms. The van der Waals surface area contributed by atoms with Gasteiger partial charge in [-0.1, -0.05) is 11.6 Å². The van der Waals surface area contributed by atoms with Gasteiger partial charge in [-0.15, -0.1) is 0 Å². The molecule has 0 aliphatic carbocycles. The number of rotatable bonds is 1. The van der Waals surface area contributed by atoms with E-state index < -0.39 is 11.7 Å². The quantitative estimate of drug-likeness (QED) is 0.673. The fourth-order valence-corrected chi connectivity index (χ4v) is 2.39. The van der Waals surface area contributed by atoms with E-state index in [2.05, 4.69) is 30.2 Å². The Kier molecular flexibility index (Phi) is 2.67. The molecule has 7 nitrogen and oxygen atoms in total. The summed E-state index contributed by atoms with van der Waals surface area (Å²) >= 11 is 6.00. The van der Waals surface area contributed by atoms with Gasteiger partial charge in [-0.2, -0.15) is 9.97 Å². The van der Waals surface area contributed by atoms with E-state index in [-0.39, 0.29) is 16.8 Å². The molecule has 2 N–H and O–H groups in total. The SMILES string of the molecule is O=C1Nc2ccc(F)cc2C1=Nc1nc(Cl)c2[nH]cnc2n1. The number of hydrogen-bond donors (Lipinski definition) is 2. The van der Waals surface area contributed by atoms with Crippen molar-refractivity contribution in [2.75, 3.05) is 5.32 Å². The molecular formula is C13H6ClFN6O. The molecule has 0 atom stereocenters. The Bertz CT molecular complexity index is 966. The Hall–Kier alpha value is -2.87. The van der Waals surface area contributed by atoms with Gasteiger partial charge in [-0.3, -0.25) is 4.79 Å². The number of aromatic amines is 1. The molecule has 108 valence electrons. The fourth-order valence-electron chi connectivity index (χ4n) is 2.17. The van der Waals surface area contributed by atoms with Gasteiger partial charge in [-0.25, -0.2) is 14.4 Å². The number of amides is 1. The van der Waals surface area contributed by atoms with E-state index in [1.807, 2.05) is 0 Å². The molecule has 0 saturated heterocycles. The van der Waals surface area contributed by atoms with Crippen LogP contribution >= 0.6 is 11.6 Å². The number of halogens is 2. The number of carbonyl (C=O) groups excluding carboxylic acids is 1. The van der Waals surface area contributed by atoms with Gasteiger partial charge in [0, 0.05) is 5.56 Å². The minimum absolute atomic E-state index is 0.0214. The van der Waals surface area contributed by atoms with Crippen molar-refractivity contribution in [2.24, 2.45) is 4.99 Å². The average molecular weight is 317 g/mol. The third kappa shape index (κ3) is 1.92. The summed E-state index contributed by atoms with van der Waals surface area (Å²) in [7, 11) is 0. The molecule has 1 amide bonds. The zero-order valence-electron chi connectivity index (χ0n) is 10.8. The van der Waals surface area contributed by atoms with Gasteiger partial charge >= 0.3 is 0 Å². The van der Waals surface area contributed by atoms with Gasteiger partial charge in [-0.05, 0) is 18.2 Å². The monoisotopic (exact) mass is 316 g/mol. The van der Waals surface area contributed by atoms with Gasteiger partial charge in [0.1, 0.15) is 17.0 Å². The minimum atomic E-state index is -0.468. The summed E-state index contributed by atoms with van der Waals surface area (Å²) < 4.78 is 13.4. The van der Waals surface area contributed by atoms with Crippen LogP contribution in [0.25, 0.3) is 11.2 Å². The number of H-pyrrole nitrogens is 1. The summed E-state index contributed by atoms with van der Waals surface area (Å²) in [6, 6.07) is 3.95. The van der Waals surface area contributed by atoms with Crippen molar-refractivity contribution in [1.29, 1.82) is 0 Å². The fraction of sp³-hybridized carbons (Fsp3) is 0. The van der Waals surface area contributed by atoms with E-state index in [1.165, 1.54) is 24.5 Å². The molecule has 1 aliphatic rings. The summed E-state index contributed by atoms with van der Waals surface area (Å²) in [5, 5.41) is 2.73.